The Kier molecular flexibility index (Phi) is 4.73. The van der Waals surface area contributed by atoms with Crippen molar-refractivity contribution in [2.75, 3.05) is 16.8 Å². The Morgan fingerprint density at radius 1 is 1.10 bits per heavy atom. The van der Waals surface area contributed by atoms with Gasteiger partial charge in [-0.15, -0.1) is 0 Å². The molecule has 0 radical (unpaired) electrons. The van der Waals surface area contributed by atoms with Crippen molar-refractivity contribution in [3.63, 3.8) is 0 Å². The second-order valence-electron chi connectivity index (χ2n) is 5.80. The van der Waals surface area contributed by atoms with Crippen molar-refractivity contribution in [3.8, 4) is 0 Å². The zero-order valence-corrected chi connectivity index (χ0v) is 14.1. The first-order chi connectivity index (χ1) is 10.3. The first-order valence-corrected chi connectivity index (χ1v) is 8.98. The molecule has 3 nitrogen and oxygen atoms in total. The number of rotatable bonds is 4. The molecule has 0 unspecified atom stereocenters. The Bertz CT molecular complexity index is 608. The van der Waals surface area contributed by atoms with E-state index in [1.807, 2.05) is 18.2 Å². The largest absolute Gasteiger partial charge is 0.351 e. The van der Waals surface area contributed by atoms with Gasteiger partial charge in [-0.2, -0.15) is 0 Å². The molecule has 0 bridgehead atoms. The monoisotopic (exact) mass is 347 g/mol. The minimum atomic E-state index is 0.616. The third-order valence-corrected chi connectivity index (χ3v) is 4.69. The van der Waals surface area contributed by atoms with Crippen LogP contribution in [0.4, 0.5) is 5.82 Å². The van der Waals surface area contributed by atoms with Gasteiger partial charge in [0.2, 0.25) is 0 Å². The van der Waals surface area contributed by atoms with Crippen LogP contribution in [0.3, 0.4) is 0 Å². The summed E-state index contributed by atoms with van der Waals surface area (Å²) >= 11 is 3.60. The summed E-state index contributed by atoms with van der Waals surface area (Å²) in [5.74, 6) is 1.07. The van der Waals surface area contributed by atoms with Crippen LogP contribution in [-0.4, -0.2) is 27.9 Å². The average Bonchev–Trinajstić information content (AvgIpc) is 2.53. The highest BCUT2D eigenvalue weighted by atomic mass is 79.9. The zero-order chi connectivity index (χ0) is 14.7. The summed E-state index contributed by atoms with van der Waals surface area (Å²) in [6, 6.07) is 8.76. The number of hydrogen-bond acceptors (Lipinski definition) is 3. The van der Waals surface area contributed by atoms with Crippen molar-refractivity contribution in [2.45, 2.75) is 45.1 Å². The van der Waals surface area contributed by atoms with Crippen molar-refractivity contribution in [1.29, 1.82) is 0 Å². The van der Waals surface area contributed by atoms with Crippen molar-refractivity contribution in [1.82, 2.24) is 9.97 Å². The van der Waals surface area contributed by atoms with Gasteiger partial charge in [0.1, 0.15) is 0 Å². The molecule has 0 N–H and O–H groups in total. The number of hydrogen-bond donors (Lipinski definition) is 0. The smallest absolute Gasteiger partial charge is 0.151 e. The van der Waals surface area contributed by atoms with Crippen molar-refractivity contribution < 1.29 is 0 Å². The van der Waals surface area contributed by atoms with Crippen LogP contribution in [0.15, 0.2) is 24.3 Å². The minimum absolute atomic E-state index is 0.616. The van der Waals surface area contributed by atoms with E-state index in [1.54, 1.807) is 0 Å². The molecule has 0 spiro atoms. The molecule has 1 heterocycles. The fourth-order valence-electron chi connectivity index (χ4n) is 3.30. The van der Waals surface area contributed by atoms with Gasteiger partial charge >= 0.3 is 0 Å². The van der Waals surface area contributed by atoms with E-state index >= 15 is 0 Å². The summed E-state index contributed by atoms with van der Waals surface area (Å²) in [5.41, 5.74) is 3.02. The quantitative estimate of drug-likeness (QED) is 0.764. The molecule has 0 aliphatic heterocycles. The standard InChI is InChI=1S/C17H22BrN3/c1-13-17(20-16-10-6-5-9-15(16)19-13)21(12-11-18)14-7-3-2-4-8-14/h5-6,9-10,14H,2-4,7-8,11-12H2,1H3. The van der Waals surface area contributed by atoms with Gasteiger partial charge in [0, 0.05) is 17.9 Å². The molecule has 112 valence electrons. The van der Waals surface area contributed by atoms with Gasteiger partial charge in [0.15, 0.2) is 5.82 Å². The fraction of sp³-hybridized carbons (Fsp3) is 0.529. The molecule has 0 atom stereocenters. The predicted molar refractivity (Wildman–Crippen MR) is 92.3 cm³/mol. The summed E-state index contributed by atoms with van der Waals surface area (Å²) in [5, 5.41) is 0.970. The SMILES string of the molecule is Cc1nc2ccccc2nc1N(CCBr)C1CCCCC1. The summed E-state index contributed by atoms with van der Waals surface area (Å²) in [6.07, 6.45) is 6.61. The highest BCUT2D eigenvalue weighted by molar-refractivity contribution is 9.09. The lowest BCUT2D eigenvalue weighted by Gasteiger charge is -2.35. The highest BCUT2D eigenvalue weighted by Crippen LogP contribution is 2.28. The van der Waals surface area contributed by atoms with E-state index in [9.17, 15) is 0 Å². The maximum atomic E-state index is 4.91. The van der Waals surface area contributed by atoms with E-state index in [4.69, 9.17) is 9.97 Å². The lowest BCUT2D eigenvalue weighted by atomic mass is 9.94. The van der Waals surface area contributed by atoms with Gasteiger partial charge in [-0.1, -0.05) is 47.3 Å². The molecule has 0 saturated heterocycles. The molecule has 1 aromatic carbocycles. The highest BCUT2D eigenvalue weighted by Gasteiger charge is 2.23. The van der Waals surface area contributed by atoms with Gasteiger partial charge in [-0.25, -0.2) is 9.97 Å². The van der Waals surface area contributed by atoms with Crippen LogP contribution in [0, 0.1) is 6.92 Å². The molecule has 1 aliphatic rings. The maximum absolute atomic E-state index is 4.91. The van der Waals surface area contributed by atoms with Crippen LogP contribution in [-0.2, 0) is 0 Å². The van der Waals surface area contributed by atoms with Crippen LogP contribution < -0.4 is 4.90 Å². The number of halogens is 1. The van der Waals surface area contributed by atoms with E-state index in [1.165, 1.54) is 32.1 Å². The molecule has 1 fully saturated rings. The molecule has 4 heteroatoms. The Balaban J connectivity index is 1.99. The molecular formula is C17H22BrN3. The lowest BCUT2D eigenvalue weighted by molar-refractivity contribution is 0.416. The topological polar surface area (TPSA) is 29.0 Å². The third kappa shape index (κ3) is 3.20. The van der Waals surface area contributed by atoms with Gasteiger partial charge in [0.25, 0.3) is 0 Å². The first-order valence-electron chi connectivity index (χ1n) is 7.85. The Morgan fingerprint density at radius 2 is 1.76 bits per heavy atom. The van der Waals surface area contributed by atoms with Crippen molar-refractivity contribution in [3.05, 3.63) is 30.0 Å². The minimum Gasteiger partial charge on any atom is -0.351 e. The average molecular weight is 348 g/mol. The number of anilines is 1. The predicted octanol–water partition coefficient (Wildman–Crippen LogP) is 4.47. The fourth-order valence-corrected chi connectivity index (χ4v) is 3.68. The van der Waals surface area contributed by atoms with E-state index in [0.29, 0.717) is 6.04 Å². The van der Waals surface area contributed by atoms with Crippen LogP contribution in [0.1, 0.15) is 37.8 Å². The van der Waals surface area contributed by atoms with Gasteiger partial charge in [0.05, 0.1) is 16.7 Å². The van der Waals surface area contributed by atoms with Crippen LogP contribution in [0.2, 0.25) is 0 Å². The number of fused-ring (bicyclic) bond motifs is 1. The number of para-hydroxylation sites is 2. The van der Waals surface area contributed by atoms with E-state index in [0.717, 1.165) is 34.4 Å². The molecule has 1 saturated carbocycles. The van der Waals surface area contributed by atoms with E-state index < -0.39 is 0 Å². The first kappa shape index (κ1) is 14.8. The number of aryl methyl sites for hydroxylation is 1. The summed E-state index contributed by atoms with van der Waals surface area (Å²) in [7, 11) is 0. The summed E-state index contributed by atoms with van der Waals surface area (Å²) in [4.78, 5) is 12.1. The Hall–Kier alpha value is -1.16. The number of alkyl halides is 1. The second-order valence-corrected chi connectivity index (χ2v) is 6.59. The van der Waals surface area contributed by atoms with Gasteiger partial charge in [-0.05, 0) is 31.9 Å². The molecule has 3 rings (SSSR count). The Morgan fingerprint density at radius 3 is 2.43 bits per heavy atom. The molecule has 1 aromatic heterocycles. The van der Waals surface area contributed by atoms with Crippen molar-refractivity contribution in [2.24, 2.45) is 0 Å². The van der Waals surface area contributed by atoms with E-state index in [-0.39, 0.29) is 0 Å². The van der Waals surface area contributed by atoms with Crippen molar-refractivity contribution >= 4 is 32.8 Å². The normalized spacial score (nSPS) is 16.3. The Labute approximate surface area is 134 Å². The van der Waals surface area contributed by atoms with E-state index in [2.05, 4.69) is 33.8 Å². The van der Waals surface area contributed by atoms with Crippen LogP contribution in [0.5, 0.6) is 0 Å². The maximum Gasteiger partial charge on any atom is 0.151 e. The molecule has 2 aromatic rings. The zero-order valence-electron chi connectivity index (χ0n) is 12.6. The summed E-state index contributed by atoms with van der Waals surface area (Å²) < 4.78 is 0. The number of aromatic nitrogens is 2. The number of nitrogens with zero attached hydrogens (tertiary/aromatic N) is 3. The molecule has 1 aliphatic carbocycles. The third-order valence-electron chi connectivity index (χ3n) is 4.33. The van der Waals surface area contributed by atoms with Gasteiger partial charge in [-0.3, -0.25) is 0 Å². The molecule has 21 heavy (non-hydrogen) atoms. The molecular weight excluding hydrogens is 326 g/mol. The summed E-state index contributed by atoms with van der Waals surface area (Å²) in [6.45, 7) is 3.08. The second kappa shape index (κ2) is 6.73. The van der Waals surface area contributed by atoms with Crippen LogP contribution in [0.25, 0.3) is 11.0 Å². The number of benzene rings is 1. The lowest BCUT2D eigenvalue weighted by Crippen LogP contribution is -2.39. The van der Waals surface area contributed by atoms with Gasteiger partial charge < -0.3 is 4.90 Å². The van der Waals surface area contributed by atoms with Crippen LogP contribution >= 0.6 is 15.9 Å². The molecule has 0 amide bonds.